The molecule has 8 aromatic carbocycles. The molecule has 0 saturated heterocycles. The lowest BCUT2D eigenvalue weighted by Gasteiger charge is -2.45. The number of fused-ring (bicyclic) bond motifs is 2. The third kappa shape index (κ3) is 10.4. The molecule has 0 aromatic heterocycles. The summed E-state index contributed by atoms with van der Waals surface area (Å²) in [6.07, 6.45) is -0.628. The highest BCUT2D eigenvalue weighted by molar-refractivity contribution is 5.96. The second-order valence-corrected chi connectivity index (χ2v) is 28.6. The van der Waals surface area contributed by atoms with Crippen LogP contribution in [0.25, 0.3) is 22.3 Å². The summed E-state index contributed by atoms with van der Waals surface area (Å²) >= 11 is 0. The van der Waals surface area contributed by atoms with E-state index in [1.54, 1.807) is 0 Å². The van der Waals surface area contributed by atoms with Crippen molar-refractivity contribution in [2.45, 2.75) is 169 Å². The first kappa shape index (κ1) is 54.3. The zero-order valence-corrected chi connectivity index (χ0v) is 50.3. The molecule has 2 atom stereocenters. The summed E-state index contributed by atoms with van der Waals surface area (Å²) < 4.78 is 0. The quantitative estimate of drug-likeness (QED) is 0.158. The predicted molar refractivity (Wildman–Crippen MR) is 338 cm³/mol. The molecule has 10 rings (SSSR count). The van der Waals surface area contributed by atoms with Gasteiger partial charge in [0.2, 0.25) is 0 Å². The maximum Gasteiger partial charge on any atom is 0.151 e. The SMILES string of the molecule is CC(C)(C)c1ccc(-c2ccc3c(c2)N(c2ccc(C(C)(C)C)cc2)C(C2N(c4ccc(C(C)(C)C)cc4)c4ccc(-c5ccc(C(C)(C)C)cc5)cc4N2c2ccc(C(C)(C)C)cc2)N3c2ccc(C(C)(C)C)cc2)cc1. The van der Waals surface area contributed by atoms with Gasteiger partial charge in [-0.3, -0.25) is 0 Å². The summed E-state index contributed by atoms with van der Waals surface area (Å²) in [6.45, 7) is 41.5. The fourth-order valence-electron chi connectivity index (χ4n) is 11.5. The Morgan fingerprint density at radius 1 is 0.205 bits per heavy atom. The van der Waals surface area contributed by atoms with Crippen LogP contribution in [0.4, 0.5) is 45.5 Å². The van der Waals surface area contributed by atoms with Crippen molar-refractivity contribution in [1.29, 1.82) is 0 Å². The van der Waals surface area contributed by atoms with Crippen molar-refractivity contribution >= 4 is 45.5 Å². The smallest absolute Gasteiger partial charge is 0.151 e. The second kappa shape index (κ2) is 19.4. The standard InChI is InChI=1S/C74H86N4/c1-69(2,3)53-25-19-49(20-26-53)51-23-45-63-65(47-51)77(61-41-33-57(34-42-61)73(13,14)15)67(75(63)59-37-29-55(30-38-59)71(7,8)9)68-76(60-39-31-56(32-40-60)72(10,11)12)64-46-24-52(50-21-27-54(28-22-50)70(4,5)6)48-66(64)78(68)62-43-35-58(36-44-62)74(16,17)18/h19-48,67-68H,1-18H3. The Labute approximate surface area is 469 Å². The Morgan fingerprint density at radius 2 is 0.385 bits per heavy atom. The minimum Gasteiger partial charge on any atom is -0.314 e. The molecule has 4 nitrogen and oxygen atoms in total. The van der Waals surface area contributed by atoms with Crippen LogP contribution >= 0.6 is 0 Å². The lowest BCUT2D eigenvalue weighted by molar-refractivity contribution is 0.548. The maximum absolute atomic E-state index is 2.67. The van der Waals surface area contributed by atoms with Crippen LogP contribution < -0.4 is 19.6 Å². The van der Waals surface area contributed by atoms with Crippen LogP contribution in [0.15, 0.2) is 182 Å². The third-order valence-electron chi connectivity index (χ3n) is 16.5. The van der Waals surface area contributed by atoms with Crippen molar-refractivity contribution in [3.05, 3.63) is 215 Å². The largest absolute Gasteiger partial charge is 0.314 e. The molecule has 4 heteroatoms. The van der Waals surface area contributed by atoms with Gasteiger partial charge in [-0.15, -0.1) is 0 Å². The van der Waals surface area contributed by atoms with Crippen LogP contribution in [0.2, 0.25) is 0 Å². The fraction of sp³-hybridized carbons (Fsp3) is 0.351. The van der Waals surface area contributed by atoms with Gasteiger partial charge in [0.15, 0.2) is 12.3 Å². The second-order valence-electron chi connectivity index (χ2n) is 28.6. The van der Waals surface area contributed by atoms with Crippen molar-refractivity contribution in [2.24, 2.45) is 0 Å². The van der Waals surface area contributed by atoms with Gasteiger partial charge in [0.25, 0.3) is 0 Å². The Kier molecular flexibility index (Phi) is 13.5. The Balaban J connectivity index is 1.28. The van der Waals surface area contributed by atoms with Crippen molar-refractivity contribution in [2.75, 3.05) is 19.6 Å². The van der Waals surface area contributed by atoms with Gasteiger partial charge in [-0.25, -0.2) is 0 Å². The van der Waals surface area contributed by atoms with E-state index in [0.29, 0.717) is 0 Å². The predicted octanol–water partition coefficient (Wildman–Crippen LogP) is 20.7. The molecule has 0 bridgehead atoms. The summed E-state index contributed by atoms with van der Waals surface area (Å²) in [5, 5.41) is 0. The molecule has 0 spiro atoms. The van der Waals surface area contributed by atoms with Gasteiger partial charge in [0, 0.05) is 22.7 Å². The molecule has 0 amide bonds. The summed E-state index contributed by atoms with van der Waals surface area (Å²) in [7, 11) is 0. The molecule has 0 fully saturated rings. The zero-order chi connectivity index (χ0) is 56.1. The normalized spacial score (nSPS) is 16.2. The monoisotopic (exact) mass is 1030 g/mol. The van der Waals surface area contributed by atoms with Gasteiger partial charge in [-0.05, 0) is 161 Å². The van der Waals surface area contributed by atoms with Crippen molar-refractivity contribution < 1.29 is 0 Å². The molecule has 2 aliphatic heterocycles. The van der Waals surface area contributed by atoms with Crippen LogP contribution in [0.5, 0.6) is 0 Å². The lowest BCUT2D eigenvalue weighted by atomic mass is 9.86. The zero-order valence-electron chi connectivity index (χ0n) is 50.3. The molecule has 0 N–H and O–H groups in total. The average molecular weight is 1030 g/mol. The van der Waals surface area contributed by atoms with Gasteiger partial charge in [0.1, 0.15) is 0 Å². The molecule has 8 aromatic rings. The fourth-order valence-corrected chi connectivity index (χ4v) is 11.5. The minimum absolute atomic E-state index is 0.0109. The highest BCUT2D eigenvalue weighted by Crippen LogP contribution is 2.57. The molecular formula is C74H86N4. The molecule has 0 saturated carbocycles. The lowest BCUT2D eigenvalue weighted by Crippen LogP contribution is -2.58. The first-order valence-corrected chi connectivity index (χ1v) is 28.6. The minimum atomic E-state index is -0.314. The average Bonchev–Trinajstić information content (AvgIpc) is 4.08. The van der Waals surface area contributed by atoms with Crippen LogP contribution in [-0.2, 0) is 32.5 Å². The van der Waals surface area contributed by atoms with Gasteiger partial charge in [-0.1, -0.05) is 234 Å². The van der Waals surface area contributed by atoms with Crippen LogP contribution in [0.1, 0.15) is 158 Å². The van der Waals surface area contributed by atoms with Gasteiger partial charge < -0.3 is 19.6 Å². The van der Waals surface area contributed by atoms with E-state index in [1.165, 1.54) is 78.4 Å². The Hall–Kier alpha value is -7.04. The first-order valence-electron chi connectivity index (χ1n) is 28.6. The van der Waals surface area contributed by atoms with Crippen LogP contribution in [0.3, 0.4) is 0 Å². The van der Waals surface area contributed by atoms with E-state index >= 15 is 0 Å². The molecule has 402 valence electrons. The highest BCUT2D eigenvalue weighted by Gasteiger charge is 2.52. The first-order chi connectivity index (χ1) is 36.5. The van der Waals surface area contributed by atoms with E-state index in [4.69, 9.17) is 0 Å². The van der Waals surface area contributed by atoms with E-state index in [1.807, 2.05) is 0 Å². The summed E-state index contributed by atoms with van der Waals surface area (Å²) in [4.78, 5) is 10.6. The third-order valence-corrected chi connectivity index (χ3v) is 16.5. The van der Waals surface area contributed by atoms with E-state index in [0.717, 1.165) is 22.7 Å². The topological polar surface area (TPSA) is 13.0 Å². The summed E-state index contributed by atoms with van der Waals surface area (Å²) in [5.41, 5.74) is 22.0. The number of nitrogens with zero attached hydrogens (tertiary/aromatic N) is 4. The van der Waals surface area contributed by atoms with E-state index in [9.17, 15) is 0 Å². The molecule has 0 aliphatic carbocycles. The van der Waals surface area contributed by atoms with Crippen LogP contribution in [0, 0.1) is 0 Å². The van der Waals surface area contributed by atoms with Gasteiger partial charge in [-0.2, -0.15) is 0 Å². The highest BCUT2D eigenvalue weighted by atomic mass is 15.5. The van der Waals surface area contributed by atoms with Crippen molar-refractivity contribution in [3.8, 4) is 22.3 Å². The van der Waals surface area contributed by atoms with E-state index in [2.05, 4.69) is 326 Å². The summed E-state index contributed by atoms with van der Waals surface area (Å²) in [6, 6.07) is 70.7. The number of benzene rings is 8. The molecule has 0 radical (unpaired) electrons. The van der Waals surface area contributed by atoms with E-state index in [-0.39, 0.29) is 44.8 Å². The number of rotatable bonds is 7. The molecule has 78 heavy (non-hydrogen) atoms. The van der Waals surface area contributed by atoms with Crippen molar-refractivity contribution in [1.82, 2.24) is 0 Å². The van der Waals surface area contributed by atoms with Crippen molar-refractivity contribution in [3.63, 3.8) is 0 Å². The van der Waals surface area contributed by atoms with Crippen LogP contribution in [-0.4, -0.2) is 12.3 Å². The molecular weight excluding hydrogens is 945 g/mol. The van der Waals surface area contributed by atoms with Gasteiger partial charge >= 0.3 is 0 Å². The molecule has 2 unspecified atom stereocenters. The Bertz CT molecular complexity index is 3180. The van der Waals surface area contributed by atoms with E-state index < -0.39 is 0 Å². The number of hydrogen-bond donors (Lipinski definition) is 0. The van der Waals surface area contributed by atoms with Gasteiger partial charge in [0.05, 0.1) is 22.7 Å². The maximum atomic E-state index is 2.67. The molecule has 2 heterocycles. The number of anilines is 8. The molecule has 2 aliphatic rings. The Morgan fingerprint density at radius 3 is 0.590 bits per heavy atom. The number of hydrogen-bond acceptors (Lipinski definition) is 4. The summed E-state index contributed by atoms with van der Waals surface area (Å²) in [5.74, 6) is 0.